The summed E-state index contributed by atoms with van der Waals surface area (Å²) in [4.78, 5) is 17.6. The number of allylic oxidation sites excluding steroid dienone is 2. The monoisotopic (exact) mass is 638 g/mol. The molecule has 5 rings (SSSR count). The molecule has 0 amide bonds. The van der Waals surface area contributed by atoms with Crippen molar-refractivity contribution in [2.75, 3.05) is 12.4 Å². The molecule has 4 aromatic rings. The molecule has 0 bridgehead atoms. The molecule has 0 aliphatic carbocycles. The summed E-state index contributed by atoms with van der Waals surface area (Å²) in [5.41, 5.74) is 5.38. The summed E-state index contributed by atoms with van der Waals surface area (Å²) in [6.45, 7) is 5.89. The highest BCUT2D eigenvalue weighted by Gasteiger charge is 2.34. The first-order valence-corrected chi connectivity index (χ1v) is 14.8. The number of nitrogens with one attached hydrogen (secondary N) is 1. The van der Waals surface area contributed by atoms with E-state index in [9.17, 15) is 4.79 Å². The van der Waals surface area contributed by atoms with Crippen molar-refractivity contribution in [3.8, 4) is 11.5 Å². The van der Waals surface area contributed by atoms with E-state index in [0.717, 1.165) is 28.0 Å². The summed E-state index contributed by atoms with van der Waals surface area (Å²) in [5, 5.41) is 9.34. The van der Waals surface area contributed by atoms with Crippen molar-refractivity contribution in [2.45, 2.75) is 44.3 Å². The van der Waals surface area contributed by atoms with Crippen LogP contribution in [-0.2, 0) is 17.2 Å². The Hall–Kier alpha value is -3.27. The van der Waals surface area contributed by atoms with Crippen LogP contribution in [0, 0.1) is 6.92 Å². The lowest BCUT2D eigenvalue weighted by Crippen LogP contribution is -2.28. The molecule has 3 aromatic carbocycles. The molecule has 1 aliphatic heterocycles. The van der Waals surface area contributed by atoms with E-state index in [1.54, 1.807) is 18.7 Å². The highest BCUT2D eigenvalue weighted by atomic mass is 79.9. The average Bonchev–Trinajstić information content (AvgIpc) is 3.33. The van der Waals surface area contributed by atoms with Crippen molar-refractivity contribution in [1.82, 2.24) is 14.8 Å². The van der Waals surface area contributed by atoms with Crippen LogP contribution >= 0.6 is 39.3 Å². The summed E-state index contributed by atoms with van der Waals surface area (Å²) in [6.07, 6.45) is 0. The number of thioether (sulfide) groups is 1. The molecule has 206 valence electrons. The van der Waals surface area contributed by atoms with Crippen LogP contribution in [0.1, 0.15) is 42.1 Å². The van der Waals surface area contributed by atoms with Gasteiger partial charge in [0.15, 0.2) is 17.3 Å². The number of ether oxygens (including phenoxy) is 2. The molecule has 1 unspecified atom stereocenters. The van der Waals surface area contributed by atoms with Crippen LogP contribution in [0.3, 0.4) is 0 Å². The van der Waals surface area contributed by atoms with Crippen molar-refractivity contribution in [2.24, 2.45) is 0 Å². The number of fused-ring (bicyclic) bond motifs is 1. The normalized spacial score (nSPS) is 14.5. The van der Waals surface area contributed by atoms with E-state index >= 15 is 0 Å². The molecule has 1 aliphatic rings. The topological polar surface area (TPSA) is 78.3 Å². The summed E-state index contributed by atoms with van der Waals surface area (Å²) < 4.78 is 14.4. The van der Waals surface area contributed by atoms with Gasteiger partial charge in [-0.05, 0) is 77.2 Å². The van der Waals surface area contributed by atoms with Crippen LogP contribution in [0.25, 0.3) is 0 Å². The van der Waals surface area contributed by atoms with Gasteiger partial charge in [-0.25, -0.2) is 4.68 Å². The number of rotatable bonds is 9. The fourth-order valence-electron chi connectivity index (χ4n) is 4.67. The predicted molar refractivity (Wildman–Crippen MR) is 162 cm³/mol. The van der Waals surface area contributed by atoms with E-state index in [0.29, 0.717) is 50.0 Å². The number of carbonyl (C=O) groups excluding carboxylic acids is 1. The molecule has 10 heteroatoms. The number of aromatic nitrogens is 3. The number of aryl methyl sites for hydroxylation is 1. The van der Waals surface area contributed by atoms with Crippen molar-refractivity contribution in [3.05, 3.63) is 104 Å². The number of benzene rings is 3. The van der Waals surface area contributed by atoms with Crippen LogP contribution in [0.15, 0.2) is 81.6 Å². The van der Waals surface area contributed by atoms with Gasteiger partial charge in [0.2, 0.25) is 11.1 Å². The third kappa shape index (κ3) is 5.77. The average molecular weight is 640 g/mol. The van der Waals surface area contributed by atoms with E-state index in [4.69, 9.17) is 31.2 Å². The number of anilines is 1. The van der Waals surface area contributed by atoms with E-state index < -0.39 is 6.04 Å². The zero-order valence-corrected chi connectivity index (χ0v) is 25.7. The Morgan fingerprint density at radius 2 is 1.85 bits per heavy atom. The second-order valence-corrected chi connectivity index (χ2v) is 11.6. The van der Waals surface area contributed by atoms with Gasteiger partial charge in [-0.2, -0.15) is 4.98 Å². The second-order valence-electron chi connectivity index (χ2n) is 9.41. The fourth-order valence-corrected chi connectivity index (χ4v) is 6.36. The zero-order valence-electron chi connectivity index (χ0n) is 22.5. The Labute approximate surface area is 251 Å². The lowest BCUT2D eigenvalue weighted by Gasteiger charge is -2.28. The molecule has 2 heterocycles. The van der Waals surface area contributed by atoms with Gasteiger partial charge in [-0.1, -0.05) is 65.8 Å². The summed E-state index contributed by atoms with van der Waals surface area (Å²) in [6, 6.07) is 19.1. The smallest absolute Gasteiger partial charge is 0.227 e. The van der Waals surface area contributed by atoms with Gasteiger partial charge in [-0.15, -0.1) is 5.10 Å². The largest absolute Gasteiger partial charge is 0.493 e. The first kappa shape index (κ1) is 28.3. The molecule has 0 saturated heterocycles. The molecular weight excluding hydrogens is 612 g/mol. The van der Waals surface area contributed by atoms with Gasteiger partial charge in [-0.3, -0.25) is 4.79 Å². The maximum atomic E-state index is 12.9. The Morgan fingerprint density at radius 1 is 1.12 bits per heavy atom. The fraction of sp³-hybridized carbons (Fsp3) is 0.233. The summed E-state index contributed by atoms with van der Waals surface area (Å²) >= 11 is 11.5. The van der Waals surface area contributed by atoms with E-state index in [2.05, 4.69) is 34.2 Å². The van der Waals surface area contributed by atoms with Gasteiger partial charge >= 0.3 is 0 Å². The number of carbonyl (C=O) groups is 1. The first-order chi connectivity index (χ1) is 19.3. The number of Topliss-reactive ketones (excluding diaryl/α,β-unsaturated/α-hetero) is 1. The standard InChI is InChI=1S/C30H28BrClN4O3S/c1-17-9-5-6-10-20(17)15-39-28-23(31)13-22(14-25(28)38-4)27-26(19(3)37)18(2)33-29-34-30(35-36(27)29)40-16-21-11-7-8-12-24(21)32/h5-14,27H,15-16H2,1-4H3,(H,33,34,35). The predicted octanol–water partition coefficient (Wildman–Crippen LogP) is 7.76. The lowest BCUT2D eigenvalue weighted by molar-refractivity contribution is -0.114. The van der Waals surface area contributed by atoms with E-state index in [1.165, 1.54) is 11.8 Å². The minimum atomic E-state index is -0.508. The maximum Gasteiger partial charge on any atom is 0.227 e. The second kappa shape index (κ2) is 12.1. The number of nitrogens with zero attached hydrogens (tertiary/aromatic N) is 3. The number of ketones is 1. The van der Waals surface area contributed by atoms with Crippen LogP contribution < -0.4 is 14.8 Å². The number of methoxy groups -OCH3 is 1. The molecule has 7 nitrogen and oxygen atoms in total. The van der Waals surface area contributed by atoms with E-state index in [-0.39, 0.29) is 5.78 Å². The van der Waals surface area contributed by atoms with Crippen LogP contribution in [-0.4, -0.2) is 27.7 Å². The molecule has 0 fully saturated rings. The molecule has 0 saturated carbocycles. The minimum Gasteiger partial charge on any atom is -0.493 e. The SMILES string of the molecule is COc1cc(C2C(C(C)=O)=C(C)Nc3nc(SCc4ccccc4Cl)nn32)cc(Br)c1OCc1ccccc1C. The summed E-state index contributed by atoms with van der Waals surface area (Å²) in [7, 11) is 1.60. The quantitative estimate of drug-likeness (QED) is 0.188. The van der Waals surface area contributed by atoms with Crippen molar-refractivity contribution in [1.29, 1.82) is 0 Å². The van der Waals surface area contributed by atoms with Gasteiger partial charge in [0.25, 0.3) is 0 Å². The molecule has 1 aromatic heterocycles. The van der Waals surface area contributed by atoms with Gasteiger partial charge < -0.3 is 14.8 Å². The summed E-state index contributed by atoms with van der Waals surface area (Å²) in [5.74, 6) is 2.25. The van der Waals surface area contributed by atoms with Crippen LogP contribution in [0.4, 0.5) is 5.95 Å². The number of hydrogen-bond donors (Lipinski definition) is 1. The molecule has 1 N–H and O–H groups in total. The minimum absolute atomic E-state index is 0.0589. The number of halogens is 2. The van der Waals surface area contributed by atoms with Gasteiger partial charge in [0, 0.05) is 22.0 Å². The van der Waals surface area contributed by atoms with Crippen LogP contribution in [0.2, 0.25) is 5.02 Å². The third-order valence-corrected chi connectivity index (χ3v) is 8.57. The Bertz CT molecular complexity index is 1620. The third-order valence-electron chi connectivity index (χ3n) is 6.73. The Kier molecular flexibility index (Phi) is 8.54. The van der Waals surface area contributed by atoms with E-state index in [1.807, 2.05) is 61.5 Å². The molecule has 40 heavy (non-hydrogen) atoms. The van der Waals surface area contributed by atoms with Gasteiger partial charge in [0.1, 0.15) is 12.6 Å². The van der Waals surface area contributed by atoms with Crippen molar-refractivity contribution < 1.29 is 14.3 Å². The highest BCUT2D eigenvalue weighted by molar-refractivity contribution is 9.10. The maximum absolute atomic E-state index is 12.9. The molecule has 0 radical (unpaired) electrons. The first-order valence-electron chi connectivity index (χ1n) is 12.6. The van der Waals surface area contributed by atoms with Crippen molar-refractivity contribution >= 4 is 51.0 Å². The molecule has 1 atom stereocenters. The number of hydrogen-bond acceptors (Lipinski definition) is 7. The zero-order chi connectivity index (χ0) is 28.4. The highest BCUT2D eigenvalue weighted by Crippen LogP contribution is 2.43. The van der Waals surface area contributed by atoms with Crippen LogP contribution in [0.5, 0.6) is 11.5 Å². The lowest BCUT2D eigenvalue weighted by atomic mass is 9.93. The Morgan fingerprint density at radius 3 is 2.55 bits per heavy atom. The molecular formula is C30H28BrClN4O3S. The Balaban J connectivity index is 1.49. The van der Waals surface area contributed by atoms with Crippen molar-refractivity contribution in [3.63, 3.8) is 0 Å². The van der Waals surface area contributed by atoms with Gasteiger partial charge in [0.05, 0.1) is 11.6 Å². The molecule has 0 spiro atoms.